The topological polar surface area (TPSA) is 63.3 Å². The number of benzene rings is 1. The fraction of sp³-hybridized carbons (Fsp3) is 0.533. The van der Waals surface area contributed by atoms with Crippen molar-refractivity contribution in [3.05, 3.63) is 35.9 Å². The third-order valence-electron chi connectivity index (χ3n) is 3.41. The number of aliphatic carboxylic acids is 1. The number of hydrogen-bond donors (Lipinski definition) is 2. The van der Waals surface area contributed by atoms with E-state index in [1.165, 1.54) is 5.56 Å². The van der Waals surface area contributed by atoms with Crippen LogP contribution in [-0.4, -0.2) is 16.6 Å². The second kappa shape index (κ2) is 6.55. The van der Waals surface area contributed by atoms with Gasteiger partial charge in [-0.05, 0) is 44.1 Å². The zero-order valence-corrected chi connectivity index (χ0v) is 11.2. The lowest BCUT2D eigenvalue weighted by Crippen LogP contribution is -2.44. The Morgan fingerprint density at radius 2 is 1.94 bits per heavy atom. The maximum absolute atomic E-state index is 10.9. The Morgan fingerprint density at radius 1 is 1.33 bits per heavy atom. The van der Waals surface area contributed by atoms with Gasteiger partial charge in [-0.25, -0.2) is 0 Å². The highest BCUT2D eigenvalue weighted by Gasteiger charge is 2.27. The summed E-state index contributed by atoms with van der Waals surface area (Å²) >= 11 is 0. The minimum absolute atomic E-state index is 0.493. The van der Waals surface area contributed by atoms with Crippen molar-refractivity contribution in [3.8, 4) is 0 Å². The second-order valence-corrected chi connectivity index (χ2v) is 5.39. The summed E-state index contributed by atoms with van der Waals surface area (Å²) in [5.74, 6) is -0.426. The zero-order chi connectivity index (χ0) is 13.6. The van der Waals surface area contributed by atoms with Crippen LogP contribution in [0.25, 0.3) is 0 Å². The van der Waals surface area contributed by atoms with E-state index in [0.717, 1.165) is 19.3 Å². The summed E-state index contributed by atoms with van der Waals surface area (Å²) in [6.07, 6.45) is 3.49. The molecule has 0 aliphatic rings. The standard InChI is InChI=1S/C15H23NO2/c1-12(10-11-15(2,16)14(17)18)8-9-13-6-4-3-5-7-13/h3-7,12H,8-11,16H2,1-2H3,(H,17,18). The van der Waals surface area contributed by atoms with E-state index in [2.05, 4.69) is 19.1 Å². The van der Waals surface area contributed by atoms with Crippen molar-refractivity contribution >= 4 is 5.97 Å². The van der Waals surface area contributed by atoms with Gasteiger partial charge >= 0.3 is 5.97 Å². The highest BCUT2D eigenvalue weighted by atomic mass is 16.4. The molecule has 3 N–H and O–H groups in total. The number of carbonyl (C=O) groups is 1. The molecule has 2 atom stereocenters. The number of nitrogens with two attached hydrogens (primary N) is 1. The molecule has 0 aromatic heterocycles. The number of carboxylic acid groups (broad SMARTS) is 1. The van der Waals surface area contributed by atoms with Gasteiger partial charge < -0.3 is 10.8 Å². The molecule has 1 aromatic carbocycles. The molecule has 3 nitrogen and oxygen atoms in total. The molecule has 0 saturated carbocycles. The van der Waals surface area contributed by atoms with Crippen molar-refractivity contribution < 1.29 is 9.90 Å². The van der Waals surface area contributed by atoms with Gasteiger partial charge in [0.2, 0.25) is 0 Å². The molecule has 100 valence electrons. The van der Waals surface area contributed by atoms with Crippen LogP contribution in [0.15, 0.2) is 30.3 Å². The van der Waals surface area contributed by atoms with Crippen molar-refractivity contribution in [2.24, 2.45) is 11.7 Å². The third-order valence-corrected chi connectivity index (χ3v) is 3.41. The zero-order valence-electron chi connectivity index (χ0n) is 11.2. The van der Waals surface area contributed by atoms with Crippen LogP contribution in [-0.2, 0) is 11.2 Å². The van der Waals surface area contributed by atoms with Crippen LogP contribution in [0.5, 0.6) is 0 Å². The van der Waals surface area contributed by atoms with E-state index in [1.807, 2.05) is 18.2 Å². The van der Waals surface area contributed by atoms with Gasteiger partial charge in [0.25, 0.3) is 0 Å². The average molecular weight is 249 g/mol. The predicted octanol–water partition coefficient (Wildman–Crippen LogP) is 2.84. The summed E-state index contributed by atoms with van der Waals surface area (Å²) in [7, 11) is 0. The Labute approximate surface area is 109 Å². The quantitative estimate of drug-likeness (QED) is 0.781. The lowest BCUT2D eigenvalue weighted by molar-refractivity contribution is -0.143. The van der Waals surface area contributed by atoms with E-state index in [4.69, 9.17) is 10.8 Å². The summed E-state index contributed by atoms with van der Waals surface area (Å²) in [5.41, 5.74) is 5.95. The van der Waals surface area contributed by atoms with E-state index in [1.54, 1.807) is 6.92 Å². The molecule has 0 aliphatic carbocycles. The summed E-state index contributed by atoms with van der Waals surface area (Å²) < 4.78 is 0. The Kier molecular flexibility index (Phi) is 5.35. The maximum Gasteiger partial charge on any atom is 0.323 e. The Bertz CT molecular complexity index is 373. The molecule has 0 fully saturated rings. The first-order valence-electron chi connectivity index (χ1n) is 6.48. The molecule has 0 radical (unpaired) electrons. The molecule has 0 amide bonds. The van der Waals surface area contributed by atoms with Crippen molar-refractivity contribution in [3.63, 3.8) is 0 Å². The highest BCUT2D eigenvalue weighted by molar-refractivity contribution is 5.77. The molecule has 0 heterocycles. The first kappa shape index (κ1) is 14.7. The van der Waals surface area contributed by atoms with Crippen LogP contribution in [0.2, 0.25) is 0 Å². The monoisotopic (exact) mass is 249 g/mol. The Hall–Kier alpha value is -1.35. The van der Waals surface area contributed by atoms with Gasteiger partial charge in [-0.15, -0.1) is 0 Å². The van der Waals surface area contributed by atoms with Crippen molar-refractivity contribution in [2.75, 3.05) is 0 Å². The van der Waals surface area contributed by atoms with E-state index < -0.39 is 11.5 Å². The lowest BCUT2D eigenvalue weighted by atomic mass is 9.89. The first-order valence-corrected chi connectivity index (χ1v) is 6.48. The number of hydrogen-bond acceptors (Lipinski definition) is 2. The van der Waals surface area contributed by atoms with Crippen LogP contribution in [0, 0.1) is 5.92 Å². The molecule has 18 heavy (non-hydrogen) atoms. The highest BCUT2D eigenvalue weighted by Crippen LogP contribution is 2.19. The third kappa shape index (κ3) is 4.88. The molecule has 0 spiro atoms. The molecule has 3 heteroatoms. The van der Waals surface area contributed by atoms with Crippen LogP contribution < -0.4 is 5.73 Å². The Morgan fingerprint density at radius 3 is 2.50 bits per heavy atom. The van der Waals surface area contributed by atoms with Crippen LogP contribution in [0.3, 0.4) is 0 Å². The summed E-state index contributed by atoms with van der Waals surface area (Å²) in [6, 6.07) is 10.3. The molecule has 2 unspecified atom stereocenters. The molecule has 0 aliphatic heterocycles. The molecule has 1 rings (SSSR count). The van der Waals surface area contributed by atoms with E-state index in [9.17, 15) is 4.79 Å². The summed E-state index contributed by atoms with van der Waals surface area (Å²) in [4.78, 5) is 10.9. The molecule has 0 saturated heterocycles. The Balaban J connectivity index is 2.30. The van der Waals surface area contributed by atoms with Gasteiger partial charge in [0.1, 0.15) is 5.54 Å². The fourth-order valence-electron chi connectivity index (χ4n) is 1.86. The molecular weight excluding hydrogens is 226 g/mol. The summed E-state index contributed by atoms with van der Waals surface area (Å²) in [5, 5.41) is 8.94. The molecular formula is C15H23NO2. The van der Waals surface area contributed by atoms with E-state index >= 15 is 0 Å². The van der Waals surface area contributed by atoms with Crippen LogP contribution in [0.4, 0.5) is 0 Å². The fourth-order valence-corrected chi connectivity index (χ4v) is 1.86. The van der Waals surface area contributed by atoms with Gasteiger partial charge in [-0.2, -0.15) is 0 Å². The van der Waals surface area contributed by atoms with E-state index in [0.29, 0.717) is 12.3 Å². The lowest BCUT2D eigenvalue weighted by Gasteiger charge is -2.21. The SMILES string of the molecule is CC(CCc1ccccc1)CCC(C)(N)C(=O)O. The van der Waals surface area contributed by atoms with Crippen molar-refractivity contribution in [1.82, 2.24) is 0 Å². The molecule has 0 bridgehead atoms. The normalized spacial score (nSPS) is 15.9. The van der Waals surface area contributed by atoms with Gasteiger partial charge in [-0.3, -0.25) is 4.79 Å². The van der Waals surface area contributed by atoms with Gasteiger partial charge in [0.05, 0.1) is 0 Å². The minimum atomic E-state index is -1.10. The van der Waals surface area contributed by atoms with Crippen LogP contribution in [0.1, 0.15) is 38.7 Å². The predicted molar refractivity (Wildman–Crippen MR) is 73.4 cm³/mol. The average Bonchev–Trinajstić information content (AvgIpc) is 2.35. The number of rotatable bonds is 7. The van der Waals surface area contributed by atoms with Crippen molar-refractivity contribution in [2.45, 2.75) is 45.1 Å². The minimum Gasteiger partial charge on any atom is -0.480 e. The van der Waals surface area contributed by atoms with Gasteiger partial charge in [0, 0.05) is 0 Å². The summed E-state index contributed by atoms with van der Waals surface area (Å²) in [6.45, 7) is 3.74. The maximum atomic E-state index is 10.9. The number of aryl methyl sites for hydroxylation is 1. The largest absolute Gasteiger partial charge is 0.480 e. The van der Waals surface area contributed by atoms with Gasteiger partial charge in [0.15, 0.2) is 0 Å². The van der Waals surface area contributed by atoms with Crippen molar-refractivity contribution in [1.29, 1.82) is 0 Å². The van der Waals surface area contributed by atoms with Gasteiger partial charge in [-0.1, -0.05) is 37.3 Å². The molecule has 1 aromatic rings. The first-order chi connectivity index (χ1) is 8.42. The van der Waals surface area contributed by atoms with E-state index in [-0.39, 0.29) is 0 Å². The second-order valence-electron chi connectivity index (χ2n) is 5.39. The smallest absolute Gasteiger partial charge is 0.323 e. The van der Waals surface area contributed by atoms with Crippen LogP contribution >= 0.6 is 0 Å². The number of carboxylic acids is 1.